The molecule has 0 heterocycles. The lowest BCUT2D eigenvalue weighted by atomic mass is 9.84. The molecular formula is C15H29N3O3. The molecule has 1 aliphatic rings. The largest absolute Gasteiger partial charge is 0.383 e. The van der Waals surface area contributed by atoms with Gasteiger partial charge in [0.2, 0.25) is 11.8 Å². The van der Waals surface area contributed by atoms with Crippen molar-refractivity contribution in [2.24, 2.45) is 11.7 Å². The topological polar surface area (TPSA) is 84.7 Å². The van der Waals surface area contributed by atoms with Crippen LogP contribution in [0.5, 0.6) is 0 Å². The number of amides is 2. The molecule has 1 saturated carbocycles. The maximum Gasteiger partial charge on any atom is 0.239 e. The van der Waals surface area contributed by atoms with Gasteiger partial charge in [0.1, 0.15) is 0 Å². The molecule has 0 aliphatic heterocycles. The number of carbonyl (C=O) groups excluding carboxylic acids is 2. The van der Waals surface area contributed by atoms with Gasteiger partial charge in [-0.1, -0.05) is 0 Å². The number of nitrogens with two attached hydrogens (primary N) is 1. The van der Waals surface area contributed by atoms with Gasteiger partial charge in [0.05, 0.1) is 13.2 Å². The number of hydrogen-bond donors (Lipinski definition) is 2. The molecular weight excluding hydrogens is 270 g/mol. The second-order valence-electron chi connectivity index (χ2n) is 5.91. The van der Waals surface area contributed by atoms with Crippen LogP contribution in [-0.4, -0.2) is 56.6 Å². The van der Waals surface area contributed by atoms with Gasteiger partial charge in [0.15, 0.2) is 0 Å². The molecule has 3 N–H and O–H groups in total. The van der Waals surface area contributed by atoms with Gasteiger partial charge < -0.3 is 20.7 Å². The van der Waals surface area contributed by atoms with Crippen molar-refractivity contribution in [2.45, 2.75) is 44.6 Å². The van der Waals surface area contributed by atoms with Gasteiger partial charge in [-0.25, -0.2) is 0 Å². The van der Waals surface area contributed by atoms with E-state index in [0.29, 0.717) is 31.5 Å². The Morgan fingerprint density at radius 1 is 1.29 bits per heavy atom. The Labute approximate surface area is 127 Å². The SMILES string of the molecule is COCCNC(=O)CN(C)C(=O)CCC1CCC(N)CC1. The number of likely N-dealkylation sites (N-methyl/N-ethyl adjacent to an activating group) is 1. The van der Waals surface area contributed by atoms with E-state index in [1.807, 2.05) is 0 Å². The average Bonchev–Trinajstić information content (AvgIpc) is 2.46. The van der Waals surface area contributed by atoms with Gasteiger partial charge in [0, 0.05) is 33.2 Å². The van der Waals surface area contributed by atoms with Crippen molar-refractivity contribution in [3.05, 3.63) is 0 Å². The molecule has 0 unspecified atom stereocenters. The molecule has 0 saturated heterocycles. The van der Waals surface area contributed by atoms with E-state index in [4.69, 9.17) is 10.5 Å². The highest BCUT2D eigenvalue weighted by molar-refractivity contribution is 5.84. The zero-order valence-electron chi connectivity index (χ0n) is 13.3. The van der Waals surface area contributed by atoms with Crippen LogP contribution in [0.25, 0.3) is 0 Å². The van der Waals surface area contributed by atoms with Gasteiger partial charge in [0.25, 0.3) is 0 Å². The Bertz CT molecular complexity index is 328. The van der Waals surface area contributed by atoms with Gasteiger partial charge in [-0.3, -0.25) is 9.59 Å². The van der Waals surface area contributed by atoms with Gasteiger partial charge in [-0.2, -0.15) is 0 Å². The van der Waals surface area contributed by atoms with E-state index in [1.165, 1.54) is 4.90 Å². The lowest BCUT2D eigenvalue weighted by molar-refractivity contribution is -0.135. The number of nitrogens with zero attached hydrogens (tertiary/aromatic N) is 1. The summed E-state index contributed by atoms with van der Waals surface area (Å²) in [5, 5.41) is 2.71. The van der Waals surface area contributed by atoms with Gasteiger partial charge in [-0.05, 0) is 38.0 Å². The smallest absolute Gasteiger partial charge is 0.239 e. The minimum Gasteiger partial charge on any atom is -0.383 e. The lowest BCUT2D eigenvalue weighted by Gasteiger charge is -2.26. The Balaban J connectivity index is 2.17. The van der Waals surface area contributed by atoms with Crippen LogP contribution in [0.15, 0.2) is 0 Å². The molecule has 0 aromatic heterocycles. The number of rotatable bonds is 8. The van der Waals surface area contributed by atoms with Crippen LogP contribution in [0.2, 0.25) is 0 Å². The Hall–Kier alpha value is -1.14. The molecule has 0 bridgehead atoms. The summed E-state index contributed by atoms with van der Waals surface area (Å²) in [6.45, 7) is 1.06. The van der Waals surface area contributed by atoms with Crippen molar-refractivity contribution >= 4 is 11.8 Å². The standard InChI is InChI=1S/C15H29N3O3/c1-18(11-14(19)17-9-10-21-2)15(20)8-5-12-3-6-13(16)7-4-12/h12-13H,3-11,16H2,1-2H3,(H,17,19). The second kappa shape index (κ2) is 9.73. The fraction of sp³-hybridized carbons (Fsp3) is 0.867. The molecule has 122 valence electrons. The highest BCUT2D eigenvalue weighted by Gasteiger charge is 2.20. The van der Waals surface area contributed by atoms with Crippen LogP contribution in [0.3, 0.4) is 0 Å². The first-order chi connectivity index (χ1) is 10.0. The molecule has 21 heavy (non-hydrogen) atoms. The molecule has 1 aliphatic carbocycles. The quantitative estimate of drug-likeness (QED) is 0.639. The number of carbonyl (C=O) groups is 2. The van der Waals surface area contributed by atoms with Crippen molar-refractivity contribution in [2.75, 3.05) is 33.9 Å². The fourth-order valence-electron chi connectivity index (χ4n) is 2.65. The number of ether oxygens (including phenoxy) is 1. The van der Waals surface area contributed by atoms with Crippen molar-refractivity contribution < 1.29 is 14.3 Å². The number of methoxy groups -OCH3 is 1. The summed E-state index contributed by atoms with van der Waals surface area (Å²) in [5.74, 6) is 0.496. The molecule has 0 aromatic carbocycles. The minimum atomic E-state index is -0.147. The highest BCUT2D eigenvalue weighted by Crippen LogP contribution is 2.26. The van der Waals surface area contributed by atoms with E-state index >= 15 is 0 Å². The number of hydrogen-bond acceptors (Lipinski definition) is 4. The predicted molar refractivity (Wildman–Crippen MR) is 81.7 cm³/mol. The molecule has 6 nitrogen and oxygen atoms in total. The molecule has 2 amide bonds. The van der Waals surface area contributed by atoms with Crippen molar-refractivity contribution in [1.82, 2.24) is 10.2 Å². The van der Waals surface area contributed by atoms with Crippen molar-refractivity contribution in [1.29, 1.82) is 0 Å². The third-order valence-corrected chi connectivity index (χ3v) is 4.09. The summed E-state index contributed by atoms with van der Waals surface area (Å²) in [6, 6.07) is 0.343. The third-order valence-electron chi connectivity index (χ3n) is 4.09. The van der Waals surface area contributed by atoms with Crippen LogP contribution in [0.1, 0.15) is 38.5 Å². The van der Waals surface area contributed by atoms with Crippen molar-refractivity contribution in [3.8, 4) is 0 Å². The molecule has 0 radical (unpaired) electrons. The normalized spacial score (nSPS) is 21.9. The second-order valence-corrected chi connectivity index (χ2v) is 5.91. The molecule has 0 aromatic rings. The summed E-state index contributed by atoms with van der Waals surface area (Å²) in [6.07, 6.45) is 5.79. The monoisotopic (exact) mass is 299 g/mol. The van der Waals surface area contributed by atoms with Gasteiger partial charge >= 0.3 is 0 Å². The van der Waals surface area contributed by atoms with E-state index in [1.54, 1.807) is 14.2 Å². The Kier molecular flexibility index (Phi) is 8.30. The van der Waals surface area contributed by atoms with Crippen molar-refractivity contribution in [3.63, 3.8) is 0 Å². The first kappa shape index (κ1) is 17.9. The Morgan fingerprint density at radius 2 is 1.95 bits per heavy atom. The highest BCUT2D eigenvalue weighted by atomic mass is 16.5. The van der Waals surface area contributed by atoms with Crippen LogP contribution in [-0.2, 0) is 14.3 Å². The van der Waals surface area contributed by atoms with Gasteiger partial charge in [-0.15, -0.1) is 0 Å². The lowest BCUT2D eigenvalue weighted by Crippen LogP contribution is -2.39. The van der Waals surface area contributed by atoms with Crippen LogP contribution in [0, 0.1) is 5.92 Å². The Morgan fingerprint density at radius 3 is 2.57 bits per heavy atom. The summed E-state index contributed by atoms with van der Waals surface area (Å²) in [4.78, 5) is 25.1. The van der Waals surface area contributed by atoms with E-state index in [-0.39, 0.29) is 18.4 Å². The summed E-state index contributed by atoms with van der Waals surface area (Å²) in [7, 11) is 3.26. The van der Waals surface area contributed by atoms with E-state index in [2.05, 4.69) is 5.32 Å². The molecule has 1 fully saturated rings. The summed E-state index contributed by atoms with van der Waals surface area (Å²) >= 11 is 0. The molecule has 6 heteroatoms. The van der Waals surface area contributed by atoms with Crippen LogP contribution >= 0.6 is 0 Å². The average molecular weight is 299 g/mol. The zero-order valence-corrected chi connectivity index (χ0v) is 13.3. The first-order valence-corrected chi connectivity index (χ1v) is 7.78. The maximum atomic E-state index is 12.0. The third kappa shape index (κ3) is 7.43. The molecule has 1 rings (SSSR count). The fourth-order valence-corrected chi connectivity index (χ4v) is 2.65. The van der Waals surface area contributed by atoms with E-state index < -0.39 is 0 Å². The molecule has 0 atom stereocenters. The zero-order chi connectivity index (χ0) is 15.7. The predicted octanol–water partition coefficient (Wildman–Crippen LogP) is 0.505. The minimum absolute atomic E-state index is 0.0340. The van der Waals surface area contributed by atoms with E-state index in [0.717, 1.165) is 32.1 Å². The maximum absolute atomic E-state index is 12.0. The van der Waals surface area contributed by atoms with E-state index in [9.17, 15) is 9.59 Å². The van der Waals surface area contributed by atoms with Crippen LogP contribution in [0.4, 0.5) is 0 Å². The molecule has 0 spiro atoms. The summed E-state index contributed by atoms with van der Waals surface area (Å²) in [5.41, 5.74) is 5.88. The summed E-state index contributed by atoms with van der Waals surface area (Å²) < 4.78 is 4.85. The number of nitrogens with one attached hydrogen (secondary N) is 1. The first-order valence-electron chi connectivity index (χ1n) is 7.78. The van der Waals surface area contributed by atoms with Crippen LogP contribution < -0.4 is 11.1 Å².